The van der Waals surface area contributed by atoms with E-state index in [1.165, 1.54) is 6.42 Å². The van der Waals surface area contributed by atoms with Crippen molar-refractivity contribution in [2.75, 3.05) is 6.54 Å². The molecule has 0 spiro atoms. The van der Waals surface area contributed by atoms with E-state index in [1.807, 2.05) is 13.8 Å². The number of hydrogen-bond acceptors (Lipinski definition) is 3. The topological polar surface area (TPSA) is 84.2 Å². The van der Waals surface area contributed by atoms with Gasteiger partial charge in [-0.05, 0) is 51.4 Å². The fraction of sp³-hybridized carbons (Fsp3) is 0.867. The van der Waals surface area contributed by atoms with Crippen LogP contribution in [0.2, 0.25) is 0 Å². The molecular weight excluding hydrogens is 254 g/mol. The molecule has 2 fully saturated rings. The van der Waals surface area contributed by atoms with E-state index in [1.54, 1.807) is 0 Å². The highest BCUT2D eigenvalue weighted by atomic mass is 16.2. The van der Waals surface area contributed by atoms with Crippen LogP contribution in [0.1, 0.15) is 46.0 Å². The van der Waals surface area contributed by atoms with Gasteiger partial charge in [0.1, 0.15) is 0 Å². The van der Waals surface area contributed by atoms with Gasteiger partial charge in [0.2, 0.25) is 11.8 Å². The zero-order chi connectivity index (χ0) is 14.7. The Labute approximate surface area is 121 Å². The van der Waals surface area contributed by atoms with Gasteiger partial charge in [0.05, 0.1) is 6.54 Å². The fourth-order valence-corrected chi connectivity index (χ4v) is 3.69. The van der Waals surface area contributed by atoms with Crippen molar-refractivity contribution in [1.29, 1.82) is 0 Å². The van der Waals surface area contributed by atoms with Gasteiger partial charge in [0.25, 0.3) is 0 Å². The zero-order valence-electron chi connectivity index (χ0n) is 12.5. The minimum atomic E-state index is -0.124. The Morgan fingerprint density at radius 3 is 2.35 bits per heavy atom. The third kappa shape index (κ3) is 3.72. The van der Waals surface area contributed by atoms with Gasteiger partial charge < -0.3 is 16.4 Å². The number of nitrogens with two attached hydrogens (primary N) is 1. The normalized spacial score (nSPS) is 32.8. The molecule has 2 unspecified atom stereocenters. The van der Waals surface area contributed by atoms with Crippen molar-refractivity contribution in [2.45, 2.75) is 58.0 Å². The Morgan fingerprint density at radius 1 is 1.20 bits per heavy atom. The van der Waals surface area contributed by atoms with Gasteiger partial charge >= 0.3 is 0 Å². The van der Waals surface area contributed by atoms with E-state index >= 15 is 0 Å². The standard InChI is InChI=1S/C15H27N3O2/c1-9(2)18-13(19)8-17-15(20)12-6-10-4-3-5-11(7-12)14(10)16/h9-12,14H,3-8,16H2,1-2H3,(H,17,20)(H,18,19). The highest BCUT2D eigenvalue weighted by Gasteiger charge is 2.40. The first-order chi connectivity index (χ1) is 9.47. The Hall–Kier alpha value is -1.10. The lowest BCUT2D eigenvalue weighted by molar-refractivity contribution is -0.130. The Kier molecular flexibility index (Phi) is 5.02. The number of carbonyl (C=O) groups excluding carboxylic acids is 2. The average Bonchev–Trinajstić information content (AvgIpc) is 2.34. The molecule has 0 aromatic rings. The van der Waals surface area contributed by atoms with Crippen LogP contribution in [-0.4, -0.2) is 30.4 Å². The summed E-state index contributed by atoms with van der Waals surface area (Å²) in [6.45, 7) is 3.89. The molecule has 2 aliphatic rings. The molecule has 5 heteroatoms. The molecule has 4 N–H and O–H groups in total. The third-order valence-corrected chi connectivity index (χ3v) is 4.66. The van der Waals surface area contributed by atoms with Crippen LogP contribution in [0, 0.1) is 17.8 Å². The predicted molar refractivity (Wildman–Crippen MR) is 77.8 cm³/mol. The van der Waals surface area contributed by atoms with Gasteiger partial charge in [-0.25, -0.2) is 0 Å². The summed E-state index contributed by atoms with van der Waals surface area (Å²) in [5, 5.41) is 5.54. The Morgan fingerprint density at radius 2 is 1.80 bits per heavy atom. The van der Waals surface area contributed by atoms with E-state index in [9.17, 15) is 9.59 Å². The molecule has 2 rings (SSSR count). The summed E-state index contributed by atoms with van der Waals surface area (Å²) >= 11 is 0. The first-order valence-electron chi connectivity index (χ1n) is 7.80. The molecule has 0 aromatic carbocycles. The van der Waals surface area contributed by atoms with E-state index in [0.717, 1.165) is 25.7 Å². The van der Waals surface area contributed by atoms with Gasteiger partial charge in [-0.15, -0.1) is 0 Å². The second-order valence-electron chi connectivity index (χ2n) is 6.64. The highest BCUT2D eigenvalue weighted by molar-refractivity contribution is 5.85. The molecule has 2 bridgehead atoms. The van der Waals surface area contributed by atoms with E-state index in [0.29, 0.717) is 11.8 Å². The summed E-state index contributed by atoms with van der Waals surface area (Å²) in [6, 6.07) is 0.378. The second kappa shape index (κ2) is 6.57. The van der Waals surface area contributed by atoms with Crippen LogP contribution in [0.5, 0.6) is 0 Å². The average molecular weight is 281 g/mol. The third-order valence-electron chi connectivity index (χ3n) is 4.66. The van der Waals surface area contributed by atoms with Crippen molar-refractivity contribution in [3.63, 3.8) is 0 Å². The van der Waals surface area contributed by atoms with Crippen molar-refractivity contribution < 1.29 is 9.59 Å². The molecule has 2 atom stereocenters. The molecule has 5 nitrogen and oxygen atoms in total. The maximum atomic E-state index is 12.2. The minimum absolute atomic E-state index is 0.0210. The zero-order valence-corrected chi connectivity index (χ0v) is 12.5. The van der Waals surface area contributed by atoms with Gasteiger partial charge in [-0.3, -0.25) is 9.59 Å². The molecule has 0 heterocycles. The van der Waals surface area contributed by atoms with Gasteiger partial charge in [0.15, 0.2) is 0 Å². The van der Waals surface area contributed by atoms with Crippen molar-refractivity contribution in [3.8, 4) is 0 Å². The molecule has 114 valence electrons. The number of nitrogens with one attached hydrogen (secondary N) is 2. The molecular formula is C15H27N3O2. The van der Waals surface area contributed by atoms with Crippen LogP contribution in [0.25, 0.3) is 0 Å². The van der Waals surface area contributed by atoms with Gasteiger partial charge in [-0.2, -0.15) is 0 Å². The summed E-state index contributed by atoms with van der Waals surface area (Å²) in [5.74, 6) is 0.913. The predicted octanol–water partition coefficient (Wildman–Crippen LogP) is 0.781. The van der Waals surface area contributed by atoms with Crippen LogP contribution in [0.15, 0.2) is 0 Å². The molecule has 0 aromatic heterocycles. The highest BCUT2D eigenvalue weighted by Crippen LogP contribution is 2.41. The van der Waals surface area contributed by atoms with Gasteiger partial charge in [0, 0.05) is 18.0 Å². The molecule has 0 aliphatic heterocycles. The molecule has 2 aliphatic carbocycles. The Balaban J connectivity index is 1.80. The SMILES string of the molecule is CC(C)NC(=O)CNC(=O)C1CC2CCCC(C1)C2N. The summed E-state index contributed by atoms with van der Waals surface area (Å²) < 4.78 is 0. The summed E-state index contributed by atoms with van der Waals surface area (Å²) in [6.07, 6.45) is 5.31. The van der Waals surface area contributed by atoms with Crippen LogP contribution in [0.3, 0.4) is 0 Å². The first-order valence-corrected chi connectivity index (χ1v) is 7.80. The number of rotatable bonds is 4. The van der Waals surface area contributed by atoms with Gasteiger partial charge in [-0.1, -0.05) is 6.42 Å². The smallest absolute Gasteiger partial charge is 0.239 e. The number of carbonyl (C=O) groups is 2. The van der Waals surface area contributed by atoms with E-state index in [4.69, 9.17) is 5.73 Å². The van der Waals surface area contributed by atoms with E-state index in [-0.39, 0.29) is 36.4 Å². The first kappa shape index (κ1) is 15.3. The maximum Gasteiger partial charge on any atom is 0.239 e. The fourth-order valence-electron chi connectivity index (χ4n) is 3.69. The number of hydrogen-bond donors (Lipinski definition) is 3. The molecule has 0 saturated heterocycles. The minimum Gasteiger partial charge on any atom is -0.352 e. The summed E-state index contributed by atoms with van der Waals surface area (Å²) in [5.41, 5.74) is 6.23. The van der Waals surface area contributed by atoms with Crippen LogP contribution in [-0.2, 0) is 9.59 Å². The quantitative estimate of drug-likeness (QED) is 0.712. The molecule has 20 heavy (non-hydrogen) atoms. The number of fused-ring (bicyclic) bond motifs is 2. The second-order valence-corrected chi connectivity index (χ2v) is 6.64. The van der Waals surface area contributed by atoms with Crippen LogP contribution in [0.4, 0.5) is 0 Å². The monoisotopic (exact) mass is 281 g/mol. The van der Waals surface area contributed by atoms with Crippen molar-refractivity contribution in [2.24, 2.45) is 23.5 Å². The van der Waals surface area contributed by atoms with Crippen LogP contribution < -0.4 is 16.4 Å². The molecule has 2 saturated carbocycles. The van der Waals surface area contributed by atoms with Crippen molar-refractivity contribution in [1.82, 2.24) is 10.6 Å². The molecule has 0 radical (unpaired) electrons. The molecule has 2 amide bonds. The van der Waals surface area contributed by atoms with E-state index in [2.05, 4.69) is 10.6 Å². The summed E-state index contributed by atoms with van der Waals surface area (Å²) in [7, 11) is 0. The van der Waals surface area contributed by atoms with Crippen LogP contribution >= 0.6 is 0 Å². The lowest BCUT2D eigenvalue weighted by atomic mass is 9.65. The summed E-state index contributed by atoms with van der Waals surface area (Å²) in [4.78, 5) is 23.7. The maximum absolute atomic E-state index is 12.2. The van der Waals surface area contributed by atoms with Crippen molar-refractivity contribution >= 4 is 11.8 Å². The Bertz CT molecular complexity index is 356. The lowest BCUT2D eigenvalue weighted by Gasteiger charge is -2.43. The lowest BCUT2D eigenvalue weighted by Crippen LogP contribution is -2.50. The largest absolute Gasteiger partial charge is 0.352 e. The van der Waals surface area contributed by atoms with Crippen molar-refractivity contribution in [3.05, 3.63) is 0 Å². The van der Waals surface area contributed by atoms with E-state index < -0.39 is 0 Å². The number of amides is 2.